The molecule has 0 radical (unpaired) electrons. The predicted octanol–water partition coefficient (Wildman–Crippen LogP) is 4.09. The normalized spacial score (nSPS) is 12.4. The van der Waals surface area contributed by atoms with Gasteiger partial charge in [-0.25, -0.2) is 0 Å². The number of aromatic amines is 1. The lowest BCUT2D eigenvalue weighted by Gasteiger charge is -2.11. The van der Waals surface area contributed by atoms with E-state index in [9.17, 15) is 5.11 Å². The van der Waals surface area contributed by atoms with Crippen molar-refractivity contribution in [1.82, 2.24) is 4.98 Å². The highest BCUT2D eigenvalue weighted by Gasteiger charge is 2.14. The van der Waals surface area contributed by atoms with E-state index in [2.05, 4.69) is 17.6 Å². The predicted molar refractivity (Wildman–Crippen MR) is 83.5 cm³/mol. The summed E-state index contributed by atoms with van der Waals surface area (Å²) >= 11 is 0. The Morgan fingerprint density at radius 2 is 1.75 bits per heavy atom. The number of aliphatic hydroxyl groups is 1. The fourth-order valence-corrected chi connectivity index (χ4v) is 2.60. The van der Waals surface area contributed by atoms with Crippen molar-refractivity contribution in [2.24, 2.45) is 0 Å². The Balaban J connectivity index is 2.00. The summed E-state index contributed by atoms with van der Waals surface area (Å²) in [5.41, 5.74) is 4.12. The van der Waals surface area contributed by atoms with Crippen molar-refractivity contribution in [3.05, 3.63) is 78.0 Å². The number of aliphatic hydroxyl groups excluding tert-OH is 1. The molecule has 1 unspecified atom stereocenters. The molecule has 2 N–H and O–H groups in total. The smallest absolute Gasteiger partial charge is 0.0831 e. The molecule has 3 rings (SSSR count). The maximum Gasteiger partial charge on any atom is 0.0831 e. The number of rotatable bonds is 4. The van der Waals surface area contributed by atoms with Crippen LogP contribution in [-0.2, 0) is 6.42 Å². The fraction of sp³-hybridized carbons (Fsp3) is 0.111. The van der Waals surface area contributed by atoms with E-state index in [4.69, 9.17) is 0 Å². The number of hydrogen-bond donors (Lipinski definition) is 2. The second-order valence-corrected chi connectivity index (χ2v) is 4.90. The van der Waals surface area contributed by atoms with Gasteiger partial charge in [0, 0.05) is 23.0 Å². The maximum atomic E-state index is 10.4. The van der Waals surface area contributed by atoms with E-state index in [0.29, 0.717) is 6.42 Å². The first-order valence-electron chi connectivity index (χ1n) is 6.74. The molecule has 1 aromatic heterocycles. The van der Waals surface area contributed by atoms with Crippen LogP contribution < -0.4 is 0 Å². The Bertz CT molecular complexity index is 728. The highest BCUT2D eigenvalue weighted by atomic mass is 16.3. The summed E-state index contributed by atoms with van der Waals surface area (Å²) in [4.78, 5) is 3.34. The summed E-state index contributed by atoms with van der Waals surface area (Å²) in [6, 6.07) is 17.9. The van der Waals surface area contributed by atoms with E-state index in [0.717, 1.165) is 27.7 Å². The van der Waals surface area contributed by atoms with E-state index in [1.54, 1.807) is 0 Å². The molecule has 1 atom stereocenters. The Morgan fingerprint density at radius 3 is 2.50 bits per heavy atom. The first-order chi connectivity index (χ1) is 9.79. The average Bonchev–Trinajstić information content (AvgIpc) is 2.86. The van der Waals surface area contributed by atoms with E-state index in [1.807, 2.05) is 54.6 Å². The van der Waals surface area contributed by atoms with Gasteiger partial charge in [0.2, 0.25) is 0 Å². The van der Waals surface area contributed by atoms with Gasteiger partial charge in [-0.2, -0.15) is 0 Å². The first-order valence-corrected chi connectivity index (χ1v) is 6.74. The van der Waals surface area contributed by atoms with Gasteiger partial charge in [-0.05, 0) is 23.3 Å². The summed E-state index contributed by atoms with van der Waals surface area (Å²) in [5, 5.41) is 11.6. The van der Waals surface area contributed by atoms with Gasteiger partial charge in [-0.1, -0.05) is 55.1 Å². The van der Waals surface area contributed by atoms with E-state index < -0.39 is 6.10 Å². The third-order valence-corrected chi connectivity index (χ3v) is 3.63. The quantitative estimate of drug-likeness (QED) is 0.730. The molecule has 0 aliphatic carbocycles. The second-order valence-electron chi connectivity index (χ2n) is 4.90. The highest BCUT2D eigenvalue weighted by molar-refractivity contribution is 5.87. The zero-order valence-electron chi connectivity index (χ0n) is 11.2. The van der Waals surface area contributed by atoms with Gasteiger partial charge in [0.15, 0.2) is 0 Å². The van der Waals surface area contributed by atoms with Gasteiger partial charge in [0.05, 0.1) is 6.10 Å². The second kappa shape index (κ2) is 5.35. The van der Waals surface area contributed by atoms with Gasteiger partial charge in [0.1, 0.15) is 0 Å². The number of hydrogen-bond acceptors (Lipinski definition) is 1. The largest absolute Gasteiger partial charge is 0.388 e. The van der Waals surface area contributed by atoms with Crippen LogP contribution in [0.25, 0.3) is 17.0 Å². The monoisotopic (exact) mass is 263 g/mol. The van der Waals surface area contributed by atoms with Crippen LogP contribution in [0.4, 0.5) is 0 Å². The molecular weight excluding hydrogens is 246 g/mol. The molecule has 100 valence electrons. The number of aromatic nitrogens is 1. The first kappa shape index (κ1) is 12.7. The SMILES string of the molecule is C=Cc1[nH]c2ccccc2c1CC(O)c1ccccc1. The van der Waals surface area contributed by atoms with Gasteiger partial charge < -0.3 is 10.1 Å². The van der Waals surface area contributed by atoms with E-state index in [-0.39, 0.29) is 0 Å². The minimum atomic E-state index is -0.505. The number of para-hydroxylation sites is 1. The van der Waals surface area contributed by atoms with Crippen LogP contribution in [0.3, 0.4) is 0 Å². The van der Waals surface area contributed by atoms with Crippen molar-refractivity contribution in [2.45, 2.75) is 12.5 Å². The lowest BCUT2D eigenvalue weighted by atomic mass is 9.99. The third kappa shape index (κ3) is 2.26. The van der Waals surface area contributed by atoms with Gasteiger partial charge in [-0.3, -0.25) is 0 Å². The molecule has 0 aliphatic rings. The number of H-pyrrole nitrogens is 1. The summed E-state index contributed by atoms with van der Waals surface area (Å²) in [6.07, 6.45) is 1.89. The van der Waals surface area contributed by atoms with Crippen LogP contribution in [-0.4, -0.2) is 10.1 Å². The van der Waals surface area contributed by atoms with Crippen LogP contribution in [0.5, 0.6) is 0 Å². The molecule has 0 saturated carbocycles. The summed E-state index contributed by atoms with van der Waals surface area (Å²) in [5.74, 6) is 0. The van der Waals surface area contributed by atoms with Gasteiger partial charge in [-0.15, -0.1) is 0 Å². The molecule has 3 aromatic rings. The van der Waals surface area contributed by atoms with Crippen molar-refractivity contribution in [1.29, 1.82) is 0 Å². The van der Waals surface area contributed by atoms with Crippen LogP contribution in [0, 0.1) is 0 Å². The van der Waals surface area contributed by atoms with Crippen LogP contribution in [0.15, 0.2) is 61.2 Å². The van der Waals surface area contributed by atoms with Crippen molar-refractivity contribution < 1.29 is 5.11 Å². The fourth-order valence-electron chi connectivity index (χ4n) is 2.60. The average molecular weight is 263 g/mol. The molecule has 0 spiro atoms. The minimum Gasteiger partial charge on any atom is -0.388 e. The molecule has 2 heteroatoms. The Hall–Kier alpha value is -2.32. The zero-order chi connectivity index (χ0) is 13.9. The molecule has 0 aliphatic heterocycles. The van der Waals surface area contributed by atoms with Crippen molar-refractivity contribution in [3.8, 4) is 0 Å². The standard InChI is InChI=1S/C18H17NO/c1-2-16-15(14-10-6-7-11-17(14)19-16)12-18(20)13-8-4-3-5-9-13/h2-11,18-20H,1,12H2. The van der Waals surface area contributed by atoms with E-state index >= 15 is 0 Å². The van der Waals surface area contributed by atoms with Crippen LogP contribution in [0.1, 0.15) is 22.9 Å². The lowest BCUT2D eigenvalue weighted by molar-refractivity contribution is 0.179. The molecule has 2 aromatic carbocycles. The Labute approximate surface area is 118 Å². The third-order valence-electron chi connectivity index (χ3n) is 3.63. The topological polar surface area (TPSA) is 36.0 Å². The van der Waals surface area contributed by atoms with Crippen molar-refractivity contribution in [3.63, 3.8) is 0 Å². The lowest BCUT2D eigenvalue weighted by Crippen LogP contribution is -2.02. The summed E-state index contributed by atoms with van der Waals surface area (Å²) in [7, 11) is 0. The Morgan fingerprint density at radius 1 is 1.05 bits per heavy atom. The van der Waals surface area contributed by atoms with Crippen molar-refractivity contribution in [2.75, 3.05) is 0 Å². The molecule has 0 fully saturated rings. The molecule has 0 bridgehead atoms. The highest BCUT2D eigenvalue weighted by Crippen LogP contribution is 2.28. The van der Waals surface area contributed by atoms with Crippen molar-refractivity contribution >= 4 is 17.0 Å². The summed E-state index contributed by atoms with van der Waals surface area (Å²) < 4.78 is 0. The van der Waals surface area contributed by atoms with Crippen LogP contribution >= 0.6 is 0 Å². The maximum absolute atomic E-state index is 10.4. The van der Waals surface area contributed by atoms with Gasteiger partial charge in [0.25, 0.3) is 0 Å². The molecular formula is C18H17NO. The Kier molecular flexibility index (Phi) is 3.40. The molecule has 1 heterocycles. The molecule has 0 saturated heterocycles. The van der Waals surface area contributed by atoms with Crippen LogP contribution in [0.2, 0.25) is 0 Å². The number of fused-ring (bicyclic) bond motifs is 1. The van der Waals surface area contributed by atoms with Gasteiger partial charge >= 0.3 is 0 Å². The minimum absolute atomic E-state index is 0.505. The van der Waals surface area contributed by atoms with E-state index in [1.165, 1.54) is 0 Å². The summed E-state index contributed by atoms with van der Waals surface area (Å²) in [6.45, 7) is 3.85. The number of nitrogens with one attached hydrogen (secondary N) is 1. The number of benzene rings is 2. The molecule has 20 heavy (non-hydrogen) atoms. The molecule has 0 amide bonds. The molecule has 2 nitrogen and oxygen atoms in total. The zero-order valence-corrected chi connectivity index (χ0v) is 11.2.